The summed E-state index contributed by atoms with van der Waals surface area (Å²) in [6.07, 6.45) is 0.194. The highest BCUT2D eigenvalue weighted by Crippen LogP contribution is 2.31. The minimum absolute atomic E-state index is 0.0651. The van der Waals surface area contributed by atoms with Crippen LogP contribution in [0.4, 0.5) is 9.59 Å². The third kappa shape index (κ3) is 9.36. The smallest absolute Gasteiger partial charge is 0.451 e. The molecule has 2 heterocycles. The summed E-state index contributed by atoms with van der Waals surface area (Å²) in [4.78, 5) is 54.1. The maximum atomic E-state index is 14.3. The van der Waals surface area contributed by atoms with Gasteiger partial charge < -0.3 is 44.7 Å². The number of nitrogens with one attached hydrogen (secondary N) is 2. The molecule has 1 aliphatic rings. The monoisotopic (exact) mass is 616 g/mol. The van der Waals surface area contributed by atoms with Gasteiger partial charge in [-0.15, -0.1) is 0 Å². The van der Waals surface area contributed by atoms with Gasteiger partial charge in [-0.25, -0.2) is 14.4 Å². The number of aliphatic carboxylic acids is 1. The second-order valence-corrected chi connectivity index (χ2v) is 13.5. The Morgan fingerprint density at radius 2 is 1.66 bits per heavy atom. The number of aromatic nitrogens is 1. The fraction of sp³-hybridized carbons (Fsp3) is 0.600. The third-order valence-electron chi connectivity index (χ3n) is 7.26. The Morgan fingerprint density at radius 3 is 2.25 bits per heavy atom. The largest absolute Gasteiger partial charge is 0.479 e. The Balaban J connectivity index is 2.00. The van der Waals surface area contributed by atoms with Gasteiger partial charge in [0.15, 0.2) is 5.54 Å². The maximum absolute atomic E-state index is 14.3. The van der Waals surface area contributed by atoms with Crippen LogP contribution in [0.2, 0.25) is 6.32 Å². The molecule has 3 amide bonds. The van der Waals surface area contributed by atoms with E-state index in [0.29, 0.717) is 0 Å². The van der Waals surface area contributed by atoms with Crippen molar-refractivity contribution in [2.45, 2.75) is 89.9 Å². The van der Waals surface area contributed by atoms with Crippen LogP contribution in [0.3, 0.4) is 0 Å². The van der Waals surface area contributed by atoms with Crippen molar-refractivity contribution in [1.29, 1.82) is 0 Å². The summed E-state index contributed by atoms with van der Waals surface area (Å²) in [7, 11) is 0.241. The van der Waals surface area contributed by atoms with Gasteiger partial charge in [0.25, 0.3) is 0 Å². The van der Waals surface area contributed by atoms with E-state index in [-0.39, 0.29) is 32.1 Å². The minimum Gasteiger partial charge on any atom is -0.479 e. The van der Waals surface area contributed by atoms with Crippen molar-refractivity contribution < 1.29 is 43.8 Å². The number of rotatable bonds is 9. The summed E-state index contributed by atoms with van der Waals surface area (Å²) < 4.78 is 12.7. The van der Waals surface area contributed by atoms with Gasteiger partial charge in [-0.1, -0.05) is 24.6 Å². The maximum Gasteiger partial charge on any atom is 0.451 e. The number of piperidine rings is 1. The Kier molecular flexibility index (Phi) is 10.6. The molecule has 242 valence electrons. The van der Waals surface area contributed by atoms with Crippen molar-refractivity contribution in [3.05, 3.63) is 36.0 Å². The van der Waals surface area contributed by atoms with Gasteiger partial charge in [0.05, 0.1) is 6.54 Å². The highest BCUT2D eigenvalue weighted by atomic mass is 16.6. The van der Waals surface area contributed by atoms with Gasteiger partial charge in [0.2, 0.25) is 5.91 Å². The standard InChI is InChI=1S/C30H45BN4O9/c1-28(2,3)43-26(39)32-22(14-20-17-34(7)23-11-9-8-10-21(20)23)24(36)35-16-19(12-13-31(41)42)15-30(18-35,25(37)38)33-27(40)44-29(4,5)6/h8-11,17,19,22,41-42H,12-16,18H2,1-7H3,(H,32,39)(H,33,40)(H,37,38)/t19-,22+,30+/m0/s1. The van der Waals surface area contributed by atoms with E-state index in [2.05, 4.69) is 10.6 Å². The van der Waals surface area contributed by atoms with Crippen molar-refractivity contribution in [3.8, 4) is 0 Å². The van der Waals surface area contributed by atoms with Gasteiger partial charge in [-0.2, -0.15) is 0 Å². The number of hydrogen-bond donors (Lipinski definition) is 5. The molecule has 0 spiro atoms. The average molecular weight is 617 g/mol. The number of nitrogens with zero attached hydrogens (tertiary/aromatic N) is 2. The average Bonchev–Trinajstić information content (AvgIpc) is 3.19. The summed E-state index contributed by atoms with van der Waals surface area (Å²) in [6.45, 7) is 9.68. The summed E-state index contributed by atoms with van der Waals surface area (Å²) in [6, 6.07) is 6.47. The topological polar surface area (TPSA) is 180 Å². The number of para-hydroxylation sites is 1. The van der Waals surface area contributed by atoms with Gasteiger partial charge in [-0.05, 0) is 71.8 Å². The molecule has 13 nitrogen and oxygen atoms in total. The molecule has 14 heteroatoms. The number of likely N-dealkylation sites (tertiary alicyclic amines) is 1. The molecule has 1 aliphatic heterocycles. The third-order valence-corrected chi connectivity index (χ3v) is 7.26. The summed E-state index contributed by atoms with van der Waals surface area (Å²) in [5.41, 5.74) is -1.97. The van der Waals surface area contributed by atoms with E-state index in [4.69, 9.17) is 9.47 Å². The SMILES string of the molecule is Cn1cc(C[C@@H](NC(=O)OC(C)(C)C)C(=O)N2C[C@@H](CCB(O)O)C[C@](NC(=O)OC(C)(C)C)(C(=O)O)C2)c2ccccc21. The normalized spacial score (nSPS) is 19.7. The Morgan fingerprint density at radius 1 is 1.05 bits per heavy atom. The molecule has 0 bridgehead atoms. The van der Waals surface area contributed by atoms with Crippen LogP contribution in [-0.4, -0.2) is 91.7 Å². The molecule has 1 aromatic carbocycles. The molecule has 0 saturated carbocycles. The zero-order valence-electron chi connectivity index (χ0n) is 26.5. The number of aryl methyl sites for hydroxylation is 1. The van der Waals surface area contributed by atoms with Crippen LogP contribution >= 0.6 is 0 Å². The van der Waals surface area contributed by atoms with E-state index in [9.17, 15) is 34.3 Å². The number of carboxylic acids is 1. The summed E-state index contributed by atoms with van der Waals surface area (Å²) >= 11 is 0. The van der Waals surface area contributed by atoms with Crippen LogP contribution in [0, 0.1) is 5.92 Å². The Labute approximate surface area is 258 Å². The predicted octanol–water partition coefficient (Wildman–Crippen LogP) is 2.67. The first-order valence-corrected chi connectivity index (χ1v) is 14.7. The van der Waals surface area contributed by atoms with Crippen LogP contribution in [0.15, 0.2) is 30.5 Å². The Hall–Kier alpha value is -3.78. The van der Waals surface area contributed by atoms with Crippen molar-refractivity contribution in [2.24, 2.45) is 13.0 Å². The molecule has 0 aliphatic carbocycles. The van der Waals surface area contributed by atoms with E-state index < -0.39 is 66.4 Å². The first-order valence-electron chi connectivity index (χ1n) is 14.7. The van der Waals surface area contributed by atoms with Crippen LogP contribution in [0.1, 0.15) is 59.9 Å². The number of carboxylic acid groups (broad SMARTS) is 1. The number of carbonyl (C=O) groups excluding carboxylic acids is 3. The van der Waals surface area contributed by atoms with E-state index >= 15 is 0 Å². The molecule has 1 saturated heterocycles. The van der Waals surface area contributed by atoms with E-state index in [1.807, 2.05) is 42.1 Å². The zero-order valence-corrected chi connectivity index (χ0v) is 26.5. The number of ether oxygens (including phenoxy) is 2. The highest BCUT2D eigenvalue weighted by molar-refractivity contribution is 6.40. The first-order chi connectivity index (χ1) is 20.3. The fourth-order valence-electron chi connectivity index (χ4n) is 5.55. The lowest BCUT2D eigenvalue weighted by atomic mass is 9.75. The lowest BCUT2D eigenvalue weighted by molar-refractivity contribution is -0.152. The van der Waals surface area contributed by atoms with Gasteiger partial charge in [0, 0.05) is 37.1 Å². The summed E-state index contributed by atoms with van der Waals surface area (Å²) in [5.74, 6) is -2.48. The number of hydrogen-bond acceptors (Lipinski definition) is 8. The number of amides is 3. The molecule has 1 aromatic heterocycles. The minimum atomic E-state index is -1.93. The molecule has 0 unspecified atom stereocenters. The number of fused-ring (bicyclic) bond motifs is 1. The molecule has 3 rings (SSSR count). The molecular weight excluding hydrogens is 571 g/mol. The fourth-order valence-corrected chi connectivity index (χ4v) is 5.55. The van der Waals surface area contributed by atoms with Gasteiger partial charge in [-0.3, -0.25) is 4.79 Å². The number of alkyl carbamates (subject to hydrolysis) is 2. The predicted molar refractivity (Wildman–Crippen MR) is 164 cm³/mol. The highest BCUT2D eigenvalue weighted by Gasteiger charge is 2.50. The molecule has 3 atom stereocenters. The van der Waals surface area contributed by atoms with Gasteiger partial charge >= 0.3 is 25.3 Å². The molecule has 44 heavy (non-hydrogen) atoms. The first kappa shape index (κ1) is 34.7. The molecular formula is C30H45BN4O9. The van der Waals surface area contributed by atoms with Crippen molar-refractivity contribution in [1.82, 2.24) is 20.1 Å². The van der Waals surface area contributed by atoms with Gasteiger partial charge in [0.1, 0.15) is 17.2 Å². The van der Waals surface area contributed by atoms with Crippen molar-refractivity contribution >= 4 is 42.1 Å². The second kappa shape index (κ2) is 13.5. The molecule has 0 radical (unpaired) electrons. The van der Waals surface area contributed by atoms with E-state index in [1.165, 1.54) is 4.90 Å². The van der Waals surface area contributed by atoms with Crippen LogP contribution < -0.4 is 10.6 Å². The van der Waals surface area contributed by atoms with E-state index in [1.54, 1.807) is 41.5 Å². The van der Waals surface area contributed by atoms with E-state index in [0.717, 1.165) is 16.5 Å². The lowest BCUT2D eigenvalue weighted by Crippen LogP contribution is -2.67. The second-order valence-electron chi connectivity index (χ2n) is 13.5. The number of carbonyl (C=O) groups is 4. The zero-order chi connectivity index (χ0) is 33.0. The van der Waals surface area contributed by atoms with Crippen LogP contribution in [0.5, 0.6) is 0 Å². The van der Waals surface area contributed by atoms with Crippen LogP contribution in [0.25, 0.3) is 10.9 Å². The van der Waals surface area contributed by atoms with Crippen LogP contribution in [-0.2, 0) is 32.5 Å². The molecule has 5 N–H and O–H groups in total. The number of benzene rings is 1. The Bertz CT molecular complexity index is 1360. The molecule has 1 fully saturated rings. The summed E-state index contributed by atoms with van der Waals surface area (Å²) in [5, 5.41) is 35.5. The lowest BCUT2D eigenvalue weighted by Gasteiger charge is -2.45. The quantitative estimate of drug-likeness (QED) is 0.265. The van der Waals surface area contributed by atoms with Crippen molar-refractivity contribution in [3.63, 3.8) is 0 Å². The molecule has 2 aromatic rings. The van der Waals surface area contributed by atoms with Crippen molar-refractivity contribution in [2.75, 3.05) is 13.1 Å².